The minimum atomic E-state index is 0.207. The maximum atomic E-state index is 6.27. The average Bonchev–Trinajstić information content (AvgIpc) is 2.25. The highest BCUT2D eigenvalue weighted by molar-refractivity contribution is 5.43. The summed E-state index contributed by atoms with van der Waals surface area (Å²) in [4.78, 5) is 0. The minimum Gasteiger partial charge on any atom is -0.489 e. The molecule has 1 N–H and O–H groups in total. The molecule has 100 valence electrons. The molecule has 0 spiro atoms. The third kappa shape index (κ3) is 2.14. The molecule has 0 saturated heterocycles. The first-order valence-electron chi connectivity index (χ1n) is 6.78. The van der Waals surface area contributed by atoms with Crippen molar-refractivity contribution in [2.75, 3.05) is 7.05 Å². The topological polar surface area (TPSA) is 21.3 Å². The summed E-state index contributed by atoms with van der Waals surface area (Å²) in [6.45, 7) is 11.0. The van der Waals surface area contributed by atoms with Crippen molar-refractivity contribution in [1.82, 2.24) is 5.32 Å². The first-order chi connectivity index (χ1) is 8.36. The molecule has 1 aliphatic rings. The highest BCUT2D eigenvalue weighted by atomic mass is 16.5. The molecule has 1 saturated carbocycles. The zero-order valence-corrected chi connectivity index (χ0v) is 12.4. The van der Waals surface area contributed by atoms with Crippen molar-refractivity contribution >= 4 is 0 Å². The SMILES string of the molecule is CNC1CC(Oc2c(C)cc(C)cc2C)C1(C)C. The summed E-state index contributed by atoms with van der Waals surface area (Å²) in [5.74, 6) is 1.08. The van der Waals surface area contributed by atoms with Gasteiger partial charge in [-0.2, -0.15) is 0 Å². The van der Waals surface area contributed by atoms with E-state index in [1.807, 2.05) is 7.05 Å². The van der Waals surface area contributed by atoms with E-state index in [-0.39, 0.29) is 5.41 Å². The summed E-state index contributed by atoms with van der Waals surface area (Å²) in [7, 11) is 2.03. The average molecular weight is 247 g/mol. The standard InChI is InChI=1S/C16H25NO/c1-10-7-11(2)15(12(3)8-10)18-14-9-13(17-6)16(14,4)5/h7-8,13-14,17H,9H2,1-6H3. The van der Waals surface area contributed by atoms with Gasteiger partial charge in [0, 0.05) is 17.9 Å². The van der Waals surface area contributed by atoms with Gasteiger partial charge in [-0.3, -0.25) is 0 Å². The van der Waals surface area contributed by atoms with Crippen LogP contribution in [0.25, 0.3) is 0 Å². The van der Waals surface area contributed by atoms with E-state index in [2.05, 4.69) is 52.1 Å². The van der Waals surface area contributed by atoms with Crippen molar-refractivity contribution in [3.05, 3.63) is 28.8 Å². The van der Waals surface area contributed by atoms with Gasteiger partial charge in [-0.05, 0) is 38.9 Å². The molecule has 1 fully saturated rings. The highest BCUT2D eigenvalue weighted by Crippen LogP contribution is 2.43. The lowest BCUT2D eigenvalue weighted by Gasteiger charge is -2.51. The van der Waals surface area contributed by atoms with Gasteiger partial charge in [0.15, 0.2) is 0 Å². The van der Waals surface area contributed by atoms with Crippen LogP contribution in [-0.2, 0) is 0 Å². The second-order valence-electron chi connectivity index (χ2n) is 6.23. The third-order valence-electron chi connectivity index (χ3n) is 4.39. The first kappa shape index (κ1) is 13.4. The van der Waals surface area contributed by atoms with Crippen molar-refractivity contribution in [2.45, 2.75) is 53.2 Å². The van der Waals surface area contributed by atoms with Crippen LogP contribution < -0.4 is 10.1 Å². The molecule has 2 heteroatoms. The van der Waals surface area contributed by atoms with Gasteiger partial charge in [0.1, 0.15) is 11.9 Å². The van der Waals surface area contributed by atoms with Gasteiger partial charge in [-0.15, -0.1) is 0 Å². The Bertz CT molecular complexity index is 427. The summed E-state index contributed by atoms with van der Waals surface area (Å²) in [5.41, 5.74) is 4.00. The molecular weight excluding hydrogens is 222 g/mol. The molecule has 1 aromatic rings. The number of ether oxygens (including phenoxy) is 1. The highest BCUT2D eigenvalue weighted by Gasteiger charge is 2.49. The number of hydrogen-bond donors (Lipinski definition) is 1. The quantitative estimate of drug-likeness (QED) is 0.884. The lowest BCUT2D eigenvalue weighted by molar-refractivity contribution is -0.0527. The van der Waals surface area contributed by atoms with Crippen LogP contribution in [0.1, 0.15) is 37.0 Å². The van der Waals surface area contributed by atoms with Gasteiger partial charge in [0.2, 0.25) is 0 Å². The first-order valence-corrected chi connectivity index (χ1v) is 6.78. The molecule has 0 amide bonds. The van der Waals surface area contributed by atoms with Gasteiger partial charge in [-0.25, -0.2) is 0 Å². The van der Waals surface area contributed by atoms with Crippen LogP contribution in [0.4, 0.5) is 0 Å². The maximum absolute atomic E-state index is 6.27. The Balaban J connectivity index is 2.17. The van der Waals surface area contributed by atoms with Crippen molar-refractivity contribution in [3.8, 4) is 5.75 Å². The van der Waals surface area contributed by atoms with E-state index >= 15 is 0 Å². The van der Waals surface area contributed by atoms with Crippen LogP contribution in [-0.4, -0.2) is 19.2 Å². The Labute approximate surface area is 111 Å². The van der Waals surface area contributed by atoms with Crippen molar-refractivity contribution in [3.63, 3.8) is 0 Å². The van der Waals surface area contributed by atoms with Gasteiger partial charge in [0.05, 0.1) is 0 Å². The van der Waals surface area contributed by atoms with Crippen molar-refractivity contribution in [2.24, 2.45) is 5.41 Å². The summed E-state index contributed by atoms with van der Waals surface area (Å²) in [5, 5.41) is 3.37. The van der Waals surface area contributed by atoms with Crippen molar-refractivity contribution in [1.29, 1.82) is 0 Å². The molecule has 0 aromatic heterocycles. The summed E-state index contributed by atoms with van der Waals surface area (Å²) >= 11 is 0. The van der Waals surface area contributed by atoms with Crippen LogP contribution in [0.5, 0.6) is 5.75 Å². The van der Waals surface area contributed by atoms with Gasteiger partial charge >= 0.3 is 0 Å². The third-order valence-corrected chi connectivity index (χ3v) is 4.39. The maximum Gasteiger partial charge on any atom is 0.125 e. The predicted molar refractivity (Wildman–Crippen MR) is 76.3 cm³/mol. The molecule has 2 rings (SSSR count). The van der Waals surface area contributed by atoms with E-state index < -0.39 is 0 Å². The van der Waals surface area contributed by atoms with Gasteiger partial charge in [-0.1, -0.05) is 31.5 Å². The number of nitrogens with one attached hydrogen (secondary N) is 1. The fourth-order valence-electron chi connectivity index (χ4n) is 3.07. The smallest absolute Gasteiger partial charge is 0.125 e. The zero-order valence-electron chi connectivity index (χ0n) is 12.4. The Morgan fingerprint density at radius 3 is 2.17 bits per heavy atom. The van der Waals surface area contributed by atoms with Crippen LogP contribution in [0, 0.1) is 26.2 Å². The van der Waals surface area contributed by atoms with E-state index in [1.54, 1.807) is 0 Å². The monoisotopic (exact) mass is 247 g/mol. The summed E-state index contributed by atoms with van der Waals surface area (Å²) < 4.78 is 6.27. The minimum absolute atomic E-state index is 0.207. The van der Waals surface area contributed by atoms with Crippen LogP contribution in [0.3, 0.4) is 0 Å². The van der Waals surface area contributed by atoms with E-state index in [9.17, 15) is 0 Å². The number of aryl methyl sites for hydroxylation is 3. The second-order valence-corrected chi connectivity index (χ2v) is 6.23. The summed E-state index contributed by atoms with van der Waals surface area (Å²) in [6, 6.07) is 4.96. The largest absolute Gasteiger partial charge is 0.489 e. The molecule has 18 heavy (non-hydrogen) atoms. The molecule has 0 bridgehead atoms. The molecule has 0 aliphatic heterocycles. The molecule has 0 heterocycles. The van der Waals surface area contributed by atoms with E-state index in [0.717, 1.165) is 12.2 Å². The molecule has 1 aromatic carbocycles. The number of hydrogen-bond acceptors (Lipinski definition) is 2. The Morgan fingerprint density at radius 1 is 1.17 bits per heavy atom. The Kier molecular flexibility index (Phi) is 3.41. The second kappa shape index (κ2) is 4.58. The fraction of sp³-hybridized carbons (Fsp3) is 0.625. The lowest BCUT2D eigenvalue weighted by atomic mass is 9.64. The predicted octanol–water partition coefficient (Wildman–Crippen LogP) is 3.38. The van der Waals surface area contributed by atoms with Gasteiger partial charge < -0.3 is 10.1 Å². The van der Waals surface area contributed by atoms with E-state index in [1.165, 1.54) is 16.7 Å². The Hall–Kier alpha value is -1.02. The molecule has 1 aliphatic carbocycles. The Morgan fingerprint density at radius 2 is 1.72 bits per heavy atom. The normalized spacial score (nSPS) is 25.7. The van der Waals surface area contributed by atoms with Crippen LogP contribution >= 0.6 is 0 Å². The molecule has 2 nitrogen and oxygen atoms in total. The molecule has 0 radical (unpaired) electrons. The lowest BCUT2D eigenvalue weighted by Crippen LogP contribution is -2.61. The van der Waals surface area contributed by atoms with Crippen molar-refractivity contribution < 1.29 is 4.74 Å². The zero-order chi connectivity index (χ0) is 13.5. The van der Waals surface area contributed by atoms with E-state index in [4.69, 9.17) is 4.74 Å². The fourth-order valence-corrected chi connectivity index (χ4v) is 3.07. The number of benzene rings is 1. The molecule has 2 atom stereocenters. The van der Waals surface area contributed by atoms with Crippen LogP contribution in [0.2, 0.25) is 0 Å². The molecule has 2 unspecified atom stereocenters. The summed E-state index contributed by atoms with van der Waals surface area (Å²) in [6.07, 6.45) is 1.41. The molecular formula is C16H25NO. The van der Waals surface area contributed by atoms with Crippen LogP contribution in [0.15, 0.2) is 12.1 Å². The van der Waals surface area contributed by atoms with Gasteiger partial charge in [0.25, 0.3) is 0 Å². The van der Waals surface area contributed by atoms with E-state index in [0.29, 0.717) is 12.1 Å². The number of rotatable bonds is 3.